The smallest absolute Gasteiger partial charge is 0.245 e. The lowest BCUT2D eigenvalue weighted by molar-refractivity contribution is -0.150. The maximum absolute atomic E-state index is 12.8. The van der Waals surface area contributed by atoms with Gasteiger partial charge in [-0.1, -0.05) is 30.3 Å². The molecule has 0 bridgehead atoms. The van der Waals surface area contributed by atoms with Gasteiger partial charge >= 0.3 is 0 Å². The van der Waals surface area contributed by atoms with Crippen LogP contribution in [-0.4, -0.2) is 59.8 Å². The average Bonchev–Trinajstić information content (AvgIpc) is 2.79. The predicted octanol–water partition coefficient (Wildman–Crippen LogP) is 0.374. The summed E-state index contributed by atoms with van der Waals surface area (Å²) in [5.41, 5.74) is 1.18. The number of β-lactam (4-membered cyclic amide) rings is 1. The van der Waals surface area contributed by atoms with E-state index in [1.807, 2.05) is 30.3 Å². The first kappa shape index (κ1) is 21.3. The van der Waals surface area contributed by atoms with E-state index in [1.165, 1.54) is 26.3 Å². The minimum atomic E-state index is -3.65. The van der Waals surface area contributed by atoms with Gasteiger partial charge in [-0.3, -0.25) is 14.4 Å². The van der Waals surface area contributed by atoms with Gasteiger partial charge in [0.1, 0.15) is 17.5 Å². The molecule has 3 atom stereocenters. The number of carbonyl (C=O) groups is 3. The number of rotatable bonds is 7. The number of hydrogen-bond donors (Lipinski definition) is 2. The quantitative estimate of drug-likeness (QED) is 0.488. The number of nitrogens with one attached hydrogen (secondary N) is 2. The third kappa shape index (κ3) is 3.75. The van der Waals surface area contributed by atoms with Crippen molar-refractivity contribution in [3.8, 4) is 0 Å². The van der Waals surface area contributed by atoms with Gasteiger partial charge in [0, 0.05) is 6.54 Å². The Labute approximate surface area is 170 Å². The normalized spacial score (nSPS) is 24.9. The summed E-state index contributed by atoms with van der Waals surface area (Å²) in [5, 5.41) is 4.40. The third-order valence-electron chi connectivity index (χ3n) is 5.76. The zero-order valence-electron chi connectivity index (χ0n) is 16.8. The molecule has 2 N–H and O–H groups in total. The second kappa shape index (κ2) is 7.78. The van der Waals surface area contributed by atoms with Crippen molar-refractivity contribution in [3.63, 3.8) is 0 Å². The molecule has 29 heavy (non-hydrogen) atoms. The van der Waals surface area contributed by atoms with Gasteiger partial charge in [-0.2, -0.15) is 0 Å². The molecule has 0 spiro atoms. The van der Waals surface area contributed by atoms with E-state index in [9.17, 15) is 22.8 Å². The minimum Gasteiger partial charge on any atom is -0.354 e. The first-order chi connectivity index (χ1) is 13.6. The molecule has 1 aromatic carbocycles. The minimum absolute atomic E-state index is 0.0903. The highest BCUT2D eigenvalue weighted by molar-refractivity contribution is 7.93. The number of carbonyl (C=O) groups excluding carboxylic acids is 3. The van der Waals surface area contributed by atoms with E-state index < -0.39 is 37.9 Å². The first-order valence-corrected chi connectivity index (χ1v) is 11.3. The van der Waals surface area contributed by atoms with Crippen molar-refractivity contribution in [3.05, 3.63) is 35.9 Å². The largest absolute Gasteiger partial charge is 0.354 e. The van der Waals surface area contributed by atoms with E-state index in [4.69, 9.17) is 0 Å². The van der Waals surface area contributed by atoms with Crippen molar-refractivity contribution < 1.29 is 22.8 Å². The molecule has 2 fully saturated rings. The molecule has 158 valence electrons. The molecule has 2 heterocycles. The van der Waals surface area contributed by atoms with Crippen LogP contribution >= 0.6 is 0 Å². The Morgan fingerprint density at radius 2 is 1.90 bits per heavy atom. The van der Waals surface area contributed by atoms with Gasteiger partial charge in [0.25, 0.3) is 0 Å². The van der Waals surface area contributed by atoms with Crippen LogP contribution in [0.3, 0.4) is 0 Å². The van der Waals surface area contributed by atoms with E-state index in [2.05, 4.69) is 10.6 Å². The molecule has 2 aliphatic heterocycles. The highest BCUT2D eigenvalue weighted by Crippen LogP contribution is 2.45. The van der Waals surface area contributed by atoms with Gasteiger partial charge in [0.15, 0.2) is 9.84 Å². The summed E-state index contributed by atoms with van der Waals surface area (Å²) in [6.07, 6.45) is 1.50. The van der Waals surface area contributed by atoms with Crippen molar-refractivity contribution in [2.75, 3.05) is 6.54 Å². The fourth-order valence-electron chi connectivity index (χ4n) is 3.91. The fourth-order valence-corrected chi connectivity index (χ4v) is 6.05. The Hall–Kier alpha value is -2.42. The summed E-state index contributed by atoms with van der Waals surface area (Å²) >= 11 is 0. The Bertz CT molecular complexity index is 913. The van der Waals surface area contributed by atoms with Crippen LogP contribution in [0.1, 0.15) is 39.2 Å². The molecule has 0 aromatic heterocycles. The summed E-state index contributed by atoms with van der Waals surface area (Å²) in [6, 6.07) is 7.94. The molecule has 0 saturated carbocycles. The Morgan fingerprint density at radius 3 is 2.52 bits per heavy atom. The van der Waals surface area contributed by atoms with E-state index in [0.29, 0.717) is 6.54 Å². The lowest BCUT2D eigenvalue weighted by atomic mass is 9.97. The maximum atomic E-state index is 12.8. The van der Waals surface area contributed by atoms with Crippen LogP contribution in [0.15, 0.2) is 30.3 Å². The predicted molar refractivity (Wildman–Crippen MR) is 107 cm³/mol. The fraction of sp³-hybridized carbons (Fsp3) is 0.550. The molecule has 1 aromatic rings. The first-order valence-electron chi connectivity index (χ1n) is 9.74. The highest BCUT2D eigenvalue weighted by atomic mass is 32.2. The molecule has 2 saturated heterocycles. The number of fused-ring (bicyclic) bond motifs is 1. The second-order valence-corrected chi connectivity index (χ2v) is 10.8. The maximum Gasteiger partial charge on any atom is 0.245 e. The number of benzene rings is 1. The van der Waals surface area contributed by atoms with E-state index in [1.54, 1.807) is 0 Å². The summed E-state index contributed by atoms with van der Waals surface area (Å²) in [5.74, 6) is -1.33. The molecular formula is C20H27N3O5S. The SMILES string of the molecule is CC(NC(=O)C1N2C(=O)CC2S(=O)(=O)C1(C)C)C(=O)NCCCc1ccccc1. The van der Waals surface area contributed by atoms with Crippen LogP contribution in [-0.2, 0) is 30.6 Å². The number of aryl methyl sites for hydroxylation is 1. The number of amides is 3. The van der Waals surface area contributed by atoms with Crippen LogP contribution in [0.5, 0.6) is 0 Å². The van der Waals surface area contributed by atoms with Crippen LogP contribution in [0, 0.1) is 0 Å². The Kier molecular flexibility index (Phi) is 5.71. The van der Waals surface area contributed by atoms with Crippen LogP contribution in [0.2, 0.25) is 0 Å². The van der Waals surface area contributed by atoms with Crippen molar-refractivity contribution in [1.29, 1.82) is 0 Å². The Morgan fingerprint density at radius 1 is 1.24 bits per heavy atom. The van der Waals surface area contributed by atoms with E-state index in [0.717, 1.165) is 17.7 Å². The number of nitrogens with zero attached hydrogens (tertiary/aromatic N) is 1. The van der Waals surface area contributed by atoms with Crippen molar-refractivity contribution in [2.45, 2.75) is 62.2 Å². The van der Waals surface area contributed by atoms with Crippen LogP contribution < -0.4 is 10.6 Å². The highest BCUT2D eigenvalue weighted by Gasteiger charge is 2.67. The summed E-state index contributed by atoms with van der Waals surface area (Å²) in [4.78, 5) is 38.1. The third-order valence-corrected chi connectivity index (χ3v) is 8.56. The number of hydrogen-bond acceptors (Lipinski definition) is 5. The monoisotopic (exact) mass is 421 g/mol. The average molecular weight is 422 g/mol. The van der Waals surface area contributed by atoms with Crippen molar-refractivity contribution >= 4 is 27.6 Å². The van der Waals surface area contributed by atoms with Crippen LogP contribution in [0.25, 0.3) is 0 Å². The van der Waals surface area contributed by atoms with Gasteiger partial charge in [-0.15, -0.1) is 0 Å². The molecule has 0 aliphatic carbocycles. The standard InChI is InChI=1S/C20H27N3O5S/c1-13(18(25)21-11-7-10-14-8-5-4-6-9-14)22-19(26)17-20(2,3)29(27,28)16-12-15(24)23(16)17/h4-6,8-9,13,16-17H,7,10-12H2,1-3H3,(H,21,25)(H,22,26). The van der Waals surface area contributed by atoms with Gasteiger partial charge < -0.3 is 15.5 Å². The van der Waals surface area contributed by atoms with E-state index >= 15 is 0 Å². The topological polar surface area (TPSA) is 113 Å². The lowest BCUT2D eigenvalue weighted by Crippen LogP contribution is -2.61. The lowest BCUT2D eigenvalue weighted by Gasteiger charge is -2.37. The molecule has 3 amide bonds. The van der Waals surface area contributed by atoms with Gasteiger partial charge in [0.2, 0.25) is 17.7 Å². The molecule has 0 radical (unpaired) electrons. The summed E-state index contributed by atoms with van der Waals surface area (Å²) in [6.45, 7) is 4.90. The summed E-state index contributed by atoms with van der Waals surface area (Å²) < 4.78 is 23.8. The van der Waals surface area contributed by atoms with Gasteiger partial charge in [-0.05, 0) is 39.2 Å². The second-order valence-electron chi connectivity index (χ2n) is 8.12. The van der Waals surface area contributed by atoms with Crippen LogP contribution in [0.4, 0.5) is 0 Å². The number of sulfone groups is 1. The molecule has 2 aliphatic rings. The Balaban J connectivity index is 1.53. The van der Waals surface area contributed by atoms with Crippen molar-refractivity contribution in [2.24, 2.45) is 0 Å². The zero-order valence-corrected chi connectivity index (χ0v) is 17.7. The summed E-state index contributed by atoms with van der Waals surface area (Å²) in [7, 11) is -3.65. The molecule has 3 unspecified atom stereocenters. The van der Waals surface area contributed by atoms with E-state index in [-0.39, 0.29) is 18.2 Å². The molecular weight excluding hydrogens is 394 g/mol. The van der Waals surface area contributed by atoms with Gasteiger partial charge in [0.05, 0.1) is 11.2 Å². The molecule has 8 nitrogen and oxygen atoms in total. The molecule has 3 rings (SSSR count). The molecule has 9 heteroatoms. The van der Waals surface area contributed by atoms with Crippen molar-refractivity contribution in [1.82, 2.24) is 15.5 Å². The zero-order chi connectivity index (χ0) is 21.4. The van der Waals surface area contributed by atoms with Gasteiger partial charge in [-0.25, -0.2) is 8.42 Å².